The molecule has 1 saturated carbocycles. The van der Waals surface area contributed by atoms with E-state index in [9.17, 15) is 9.90 Å². The molecule has 0 aliphatic heterocycles. The molecule has 2 aliphatic carbocycles. The van der Waals surface area contributed by atoms with Crippen LogP contribution < -0.4 is 0 Å². The number of fused-ring (bicyclic) bond motifs is 3. The maximum absolute atomic E-state index is 12.4. The van der Waals surface area contributed by atoms with Crippen molar-refractivity contribution in [1.82, 2.24) is 0 Å². The third-order valence-electron chi connectivity index (χ3n) is 6.49. The lowest BCUT2D eigenvalue weighted by Gasteiger charge is -2.51. The molecule has 0 radical (unpaired) electrons. The van der Waals surface area contributed by atoms with Crippen LogP contribution in [0.15, 0.2) is 12.1 Å². The van der Waals surface area contributed by atoms with E-state index in [1.807, 2.05) is 13.0 Å². The number of ketones is 1. The maximum Gasteiger partial charge on any atom is 0.133 e. The highest BCUT2D eigenvalue weighted by atomic mass is 16.3. The molecule has 0 amide bonds. The topological polar surface area (TPSA) is 37.3 Å². The first-order chi connectivity index (χ1) is 10.8. The molecule has 126 valence electrons. The zero-order valence-corrected chi connectivity index (χ0v) is 15.0. The average Bonchev–Trinajstić information content (AvgIpc) is 2.48. The fraction of sp³-hybridized carbons (Fsp3) is 0.667. The van der Waals surface area contributed by atoms with Crippen LogP contribution in [0.25, 0.3) is 0 Å². The molecule has 0 saturated heterocycles. The number of Topliss-reactive ketones (excluding diaryl/α,β-unsaturated/α-hetero) is 1. The minimum absolute atomic E-state index is 0.235. The van der Waals surface area contributed by atoms with Crippen LogP contribution in [0.5, 0.6) is 5.75 Å². The molecule has 2 heteroatoms. The average molecular weight is 314 g/mol. The van der Waals surface area contributed by atoms with E-state index >= 15 is 0 Å². The van der Waals surface area contributed by atoms with Crippen molar-refractivity contribution in [2.24, 2.45) is 17.3 Å². The van der Waals surface area contributed by atoms with Gasteiger partial charge in [0.05, 0.1) is 0 Å². The largest absolute Gasteiger partial charge is 0.508 e. The molecule has 2 nitrogen and oxygen atoms in total. The van der Waals surface area contributed by atoms with Crippen LogP contribution in [0.2, 0.25) is 0 Å². The molecule has 0 unspecified atom stereocenters. The standard InChI is InChI=1S/C21H30O2/c1-13(2)5-6-16-11-17(22)12-19-18-9-14(3)20(23)10-15(18)7-8-21(16,19)4/h9-10,13,16,19,23H,5-8,11-12H2,1-4H3/t16-,19+,21-/m1/s1. The monoisotopic (exact) mass is 314 g/mol. The number of benzene rings is 1. The SMILES string of the molecule is Cc1cc2c(cc1O)CC[C@]1(C)[C@H](CCC(C)C)CC(=O)C[C@@H]21. The minimum Gasteiger partial charge on any atom is -0.508 e. The van der Waals surface area contributed by atoms with Crippen molar-refractivity contribution in [1.29, 1.82) is 0 Å². The van der Waals surface area contributed by atoms with Crippen molar-refractivity contribution in [2.45, 2.75) is 72.1 Å². The van der Waals surface area contributed by atoms with Gasteiger partial charge in [0.1, 0.15) is 11.5 Å². The van der Waals surface area contributed by atoms with Crippen LogP contribution >= 0.6 is 0 Å². The Kier molecular flexibility index (Phi) is 4.29. The second-order valence-corrected chi connectivity index (χ2v) is 8.51. The predicted molar refractivity (Wildman–Crippen MR) is 93.8 cm³/mol. The quantitative estimate of drug-likeness (QED) is 0.837. The Labute approximate surface area is 140 Å². The van der Waals surface area contributed by atoms with E-state index in [0.29, 0.717) is 35.7 Å². The van der Waals surface area contributed by atoms with E-state index in [0.717, 1.165) is 24.8 Å². The Balaban J connectivity index is 1.97. The normalized spacial score (nSPS) is 30.2. The number of carbonyl (C=O) groups is 1. The fourth-order valence-corrected chi connectivity index (χ4v) is 4.85. The fourth-order valence-electron chi connectivity index (χ4n) is 4.85. The van der Waals surface area contributed by atoms with E-state index in [4.69, 9.17) is 0 Å². The van der Waals surface area contributed by atoms with Gasteiger partial charge in [-0.3, -0.25) is 4.79 Å². The van der Waals surface area contributed by atoms with Gasteiger partial charge < -0.3 is 5.11 Å². The van der Waals surface area contributed by atoms with Gasteiger partial charge in [-0.25, -0.2) is 0 Å². The van der Waals surface area contributed by atoms with Gasteiger partial charge in [0.2, 0.25) is 0 Å². The molecule has 2 aliphatic rings. The molecule has 1 aromatic carbocycles. The first kappa shape index (κ1) is 16.5. The number of carbonyl (C=O) groups excluding carboxylic acids is 1. The number of rotatable bonds is 3. The summed E-state index contributed by atoms with van der Waals surface area (Å²) in [6.45, 7) is 8.92. The summed E-state index contributed by atoms with van der Waals surface area (Å²) >= 11 is 0. The lowest BCUT2D eigenvalue weighted by molar-refractivity contribution is -0.126. The summed E-state index contributed by atoms with van der Waals surface area (Å²) in [4.78, 5) is 12.4. The van der Waals surface area contributed by atoms with Crippen LogP contribution in [0.1, 0.15) is 75.5 Å². The van der Waals surface area contributed by atoms with Crippen LogP contribution in [-0.4, -0.2) is 10.9 Å². The summed E-state index contributed by atoms with van der Waals surface area (Å²) in [5.74, 6) is 2.37. The predicted octanol–water partition coefficient (Wildman–Crippen LogP) is 5.15. The molecule has 0 aromatic heterocycles. The van der Waals surface area contributed by atoms with Gasteiger partial charge in [0.25, 0.3) is 0 Å². The summed E-state index contributed by atoms with van der Waals surface area (Å²) in [6.07, 6.45) is 6.01. The van der Waals surface area contributed by atoms with Crippen LogP contribution in [-0.2, 0) is 11.2 Å². The molecule has 3 rings (SSSR count). The van der Waals surface area contributed by atoms with Crippen LogP contribution in [0.3, 0.4) is 0 Å². The highest BCUT2D eigenvalue weighted by molar-refractivity contribution is 5.81. The molecular weight excluding hydrogens is 284 g/mol. The number of hydrogen-bond donors (Lipinski definition) is 1. The third kappa shape index (κ3) is 2.93. The Morgan fingerprint density at radius 2 is 2.04 bits per heavy atom. The number of phenols is 1. The molecule has 1 aromatic rings. The molecular formula is C21H30O2. The number of hydrogen-bond acceptors (Lipinski definition) is 2. The Morgan fingerprint density at radius 3 is 2.74 bits per heavy atom. The smallest absolute Gasteiger partial charge is 0.133 e. The van der Waals surface area contributed by atoms with Gasteiger partial charge >= 0.3 is 0 Å². The second-order valence-electron chi connectivity index (χ2n) is 8.51. The van der Waals surface area contributed by atoms with E-state index in [-0.39, 0.29) is 5.41 Å². The molecule has 0 heterocycles. The van der Waals surface area contributed by atoms with Crippen molar-refractivity contribution in [3.63, 3.8) is 0 Å². The second kappa shape index (κ2) is 5.96. The van der Waals surface area contributed by atoms with E-state index in [2.05, 4.69) is 26.8 Å². The Bertz CT molecular complexity index is 617. The van der Waals surface area contributed by atoms with Crippen LogP contribution in [0, 0.1) is 24.2 Å². The molecule has 23 heavy (non-hydrogen) atoms. The van der Waals surface area contributed by atoms with Gasteiger partial charge in [-0.05, 0) is 72.1 Å². The molecule has 1 N–H and O–H groups in total. The van der Waals surface area contributed by atoms with E-state index in [1.165, 1.54) is 24.0 Å². The third-order valence-corrected chi connectivity index (χ3v) is 6.49. The van der Waals surface area contributed by atoms with Crippen molar-refractivity contribution in [2.75, 3.05) is 0 Å². The number of phenolic OH excluding ortho intramolecular Hbond substituents is 1. The molecule has 3 atom stereocenters. The molecule has 1 fully saturated rings. The van der Waals surface area contributed by atoms with E-state index < -0.39 is 0 Å². The zero-order valence-electron chi connectivity index (χ0n) is 15.0. The molecule has 0 spiro atoms. The molecule has 0 bridgehead atoms. The summed E-state index contributed by atoms with van der Waals surface area (Å²) in [7, 11) is 0. The van der Waals surface area contributed by atoms with Crippen molar-refractivity contribution in [3.05, 3.63) is 28.8 Å². The maximum atomic E-state index is 12.4. The van der Waals surface area contributed by atoms with Crippen LogP contribution in [0.4, 0.5) is 0 Å². The summed E-state index contributed by atoms with van der Waals surface area (Å²) < 4.78 is 0. The lowest BCUT2D eigenvalue weighted by Crippen LogP contribution is -2.43. The number of aromatic hydroxyl groups is 1. The van der Waals surface area contributed by atoms with Crippen molar-refractivity contribution < 1.29 is 9.90 Å². The van der Waals surface area contributed by atoms with Gasteiger partial charge in [-0.2, -0.15) is 0 Å². The summed E-state index contributed by atoms with van der Waals surface area (Å²) in [6, 6.07) is 4.08. The summed E-state index contributed by atoms with van der Waals surface area (Å²) in [5, 5.41) is 10.0. The Hall–Kier alpha value is -1.31. The highest BCUT2D eigenvalue weighted by Crippen LogP contribution is 2.57. The first-order valence-corrected chi connectivity index (χ1v) is 9.15. The van der Waals surface area contributed by atoms with Gasteiger partial charge in [-0.15, -0.1) is 0 Å². The zero-order chi connectivity index (χ0) is 16.8. The van der Waals surface area contributed by atoms with Gasteiger partial charge in [0.15, 0.2) is 0 Å². The van der Waals surface area contributed by atoms with Gasteiger partial charge in [0, 0.05) is 12.8 Å². The van der Waals surface area contributed by atoms with Crippen molar-refractivity contribution >= 4 is 5.78 Å². The first-order valence-electron chi connectivity index (χ1n) is 9.15. The van der Waals surface area contributed by atoms with Crippen molar-refractivity contribution in [3.8, 4) is 5.75 Å². The van der Waals surface area contributed by atoms with Gasteiger partial charge in [-0.1, -0.05) is 33.3 Å². The number of aryl methyl sites for hydroxylation is 2. The highest BCUT2D eigenvalue weighted by Gasteiger charge is 2.49. The minimum atomic E-state index is 0.235. The lowest BCUT2D eigenvalue weighted by atomic mass is 9.53. The Morgan fingerprint density at radius 1 is 1.30 bits per heavy atom. The summed E-state index contributed by atoms with van der Waals surface area (Å²) in [5.41, 5.74) is 3.76. The van der Waals surface area contributed by atoms with E-state index in [1.54, 1.807) is 0 Å².